The van der Waals surface area contributed by atoms with E-state index < -0.39 is 0 Å². The number of aliphatic hydroxyl groups excluding tert-OH is 1. The SMILES string of the molecule is Cc1ccc(NC2CC(O)C2(C)C)cn1. The zero-order valence-corrected chi connectivity index (χ0v) is 9.49. The summed E-state index contributed by atoms with van der Waals surface area (Å²) in [4.78, 5) is 4.23. The van der Waals surface area contributed by atoms with Gasteiger partial charge in [0.15, 0.2) is 0 Å². The molecule has 1 saturated carbocycles. The second-order valence-electron chi connectivity index (χ2n) is 4.96. The molecule has 2 N–H and O–H groups in total. The van der Waals surface area contributed by atoms with E-state index in [4.69, 9.17) is 0 Å². The largest absolute Gasteiger partial charge is 0.392 e. The lowest BCUT2D eigenvalue weighted by Crippen LogP contribution is -2.56. The van der Waals surface area contributed by atoms with Crippen LogP contribution in [0.1, 0.15) is 26.0 Å². The summed E-state index contributed by atoms with van der Waals surface area (Å²) < 4.78 is 0. The maximum Gasteiger partial charge on any atom is 0.0630 e. The van der Waals surface area contributed by atoms with Gasteiger partial charge >= 0.3 is 0 Å². The Balaban J connectivity index is 2.02. The Labute approximate surface area is 90.5 Å². The van der Waals surface area contributed by atoms with E-state index in [1.54, 1.807) is 0 Å². The van der Waals surface area contributed by atoms with Gasteiger partial charge in [0.25, 0.3) is 0 Å². The number of aliphatic hydroxyl groups is 1. The van der Waals surface area contributed by atoms with E-state index in [2.05, 4.69) is 24.1 Å². The van der Waals surface area contributed by atoms with E-state index in [1.807, 2.05) is 25.3 Å². The molecule has 2 unspecified atom stereocenters. The summed E-state index contributed by atoms with van der Waals surface area (Å²) in [6.07, 6.45) is 2.48. The van der Waals surface area contributed by atoms with Crippen LogP contribution in [0.15, 0.2) is 18.3 Å². The third-order valence-corrected chi connectivity index (χ3v) is 3.47. The van der Waals surface area contributed by atoms with Gasteiger partial charge in [0.1, 0.15) is 0 Å². The Morgan fingerprint density at radius 3 is 2.67 bits per heavy atom. The Kier molecular flexibility index (Phi) is 2.43. The molecule has 2 atom stereocenters. The van der Waals surface area contributed by atoms with Crippen LogP contribution in [0.2, 0.25) is 0 Å². The Hall–Kier alpha value is -1.09. The molecule has 0 saturated heterocycles. The molecule has 2 rings (SSSR count). The highest BCUT2D eigenvalue weighted by Crippen LogP contribution is 2.42. The molecule has 0 radical (unpaired) electrons. The molecule has 0 bridgehead atoms. The van der Waals surface area contributed by atoms with Crippen LogP contribution < -0.4 is 5.32 Å². The van der Waals surface area contributed by atoms with Gasteiger partial charge in [-0.1, -0.05) is 13.8 Å². The first kappa shape index (κ1) is 10.4. The standard InChI is InChI=1S/C12H18N2O/c1-8-4-5-9(7-13-8)14-10-6-11(15)12(10,2)3/h4-5,7,10-11,14-15H,6H2,1-3H3. The van der Waals surface area contributed by atoms with Gasteiger partial charge in [-0.25, -0.2) is 0 Å². The number of rotatable bonds is 2. The molecule has 15 heavy (non-hydrogen) atoms. The van der Waals surface area contributed by atoms with Crippen molar-refractivity contribution in [3.63, 3.8) is 0 Å². The molecule has 1 heterocycles. The van der Waals surface area contributed by atoms with Crippen molar-refractivity contribution in [2.45, 2.75) is 39.3 Å². The van der Waals surface area contributed by atoms with Crippen molar-refractivity contribution in [1.29, 1.82) is 0 Å². The summed E-state index contributed by atoms with van der Waals surface area (Å²) in [7, 11) is 0. The summed E-state index contributed by atoms with van der Waals surface area (Å²) >= 11 is 0. The van der Waals surface area contributed by atoms with Crippen LogP contribution >= 0.6 is 0 Å². The molecule has 82 valence electrons. The van der Waals surface area contributed by atoms with Crippen molar-refractivity contribution in [1.82, 2.24) is 4.98 Å². The number of hydrogen-bond acceptors (Lipinski definition) is 3. The molecule has 3 heteroatoms. The predicted octanol–water partition coefficient (Wildman–Crippen LogP) is 1.96. The molecule has 1 fully saturated rings. The van der Waals surface area contributed by atoms with E-state index in [0.717, 1.165) is 17.8 Å². The second-order valence-corrected chi connectivity index (χ2v) is 4.96. The Morgan fingerprint density at radius 2 is 2.20 bits per heavy atom. The van der Waals surface area contributed by atoms with Gasteiger partial charge in [-0.2, -0.15) is 0 Å². The molecule has 1 aliphatic carbocycles. The lowest BCUT2D eigenvalue weighted by Gasteiger charge is -2.49. The number of pyridine rings is 1. The molecular weight excluding hydrogens is 188 g/mol. The van der Waals surface area contributed by atoms with E-state index in [9.17, 15) is 5.11 Å². The summed E-state index contributed by atoms with van der Waals surface area (Å²) in [6.45, 7) is 6.14. The van der Waals surface area contributed by atoms with Crippen LogP contribution in [0.5, 0.6) is 0 Å². The minimum absolute atomic E-state index is 0.0368. The number of nitrogens with zero attached hydrogens (tertiary/aromatic N) is 1. The van der Waals surface area contributed by atoms with E-state index in [0.29, 0.717) is 6.04 Å². The monoisotopic (exact) mass is 206 g/mol. The normalized spacial score (nSPS) is 28.3. The minimum atomic E-state index is -0.187. The number of anilines is 1. The third-order valence-electron chi connectivity index (χ3n) is 3.47. The molecule has 0 amide bonds. The smallest absolute Gasteiger partial charge is 0.0630 e. The molecule has 1 aromatic heterocycles. The Bertz CT molecular complexity index is 345. The number of aryl methyl sites for hydroxylation is 1. The molecule has 1 aliphatic rings. The molecule has 1 aromatic rings. The van der Waals surface area contributed by atoms with Crippen molar-refractivity contribution < 1.29 is 5.11 Å². The zero-order chi connectivity index (χ0) is 11.1. The van der Waals surface area contributed by atoms with Gasteiger partial charge in [0.2, 0.25) is 0 Å². The Morgan fingerprint density at radius 1 is 1.47 bits per heavy atom. The fourth-order valence-corrected chi connectivity index (χ4v) is 1.90. The van der Waals surface area contributed by atoms with Crippen LogP contribution in [0.25, 0.3) is 0 Å². The lowest BCUT2D eigenvalue weighted by molar-refractivity contribution is -0.0510. The maximum absolute atomic E-state index is 9.61. The zero-order valence-electron chi connectivity index (χ0n) is 9.49. The molecule has 0 spiro atoms. The first-order valence-corrected chi connectivity index (χ1v) is 5.37. The average Bonchev–Trinajstić information content (AvgIpc) is 2.21. The molecule has 0 aromatic carbocycles. The predicted molar refractivity (Wildman–Crippen MR) is 60.8 cm³/mol. The maximum atomic E-state index is 9.61. The second kappa shape index (κ2) is 3.49. The van der Waals surface area contributed by atoms with Gasteiger partial charge in [-0.15, -0.1) is 0 Å². The number of nitrogens with one attached hydrogen (secondary N) is 1. The lowest BCUT2D eigenvalue weighted by atomic mass is 9.64. The summed E-state index contributed by atoms with van der Waals surface area (Å²) in [5.41, 5.74) is 2.02. The van der Waals surface area contributed by atoms with Crippen LogP contribution in [-0.4, -0.2) is 22.2 Å². The van der Waals surface area contributed by atoms with Gasteiger partial charge < -0.3 is 10.4 Å². The van der Waals surface area contributed by atoms with E-state index in [1.165, 1.54) is 0 Å². The van der Waals surface area contributed by atoms with Crippen LogP contribution in [0.4, 0.5) is 5.69 Å². The van der Waals surface area contributed by atoms with Crippen molar-refractivity contribution in [2.75, 3.05) is 5.32 Å². The van der Waals surface area contributed by atoms with Gasteiger partial charge in [0, 0.05) is 17.2 Å². The topological polar surface area (TPSA) is 45.1 Å². The highest BCUT2D eigenvalue weighted by atomic mass is 16.3. The van der Waals surface area contributed by atoms with Gasteiger partial charge in [-0.3, -0.25) is 4.98 Å². The summed E-state index contributed by atoms with van der Waals surface area (Å²) in [5.74, 6) is 0. The number of hydrogen-bond donors (Lipinski definition) is 2. The van der Waals surface area contributed by atoms with Crippen molar-refractivity contribution >= 4 is 5.69 Å². The fourth-order valence-electron chi connectivity index (χ4n) is 1.90. The van der Waals surface area contributed by atoms with Crippen LogP contribution in [0.3, 0.4) is 0 Å². The highest BCUT2D eigenvalue weighted by Gasteiger charge is 2.47. The first-order chi connectivity index (χ1) is 7.00. The van der Waals surface area contributed by atoms with Crippen molar-refractivity contribution in [2.24, 2.45) is 5.41 Å². The summed E-state index contributed by atoms with van der Waals surface area (Å²) in [6, 6.07) is 4.37. The van der Waals surface area contributed by atoms with Crippen LogP contribution in [0, 0.1) is 12.3 Å². The molecule has 0 aliphatic heterocycles. The van der Waals surface area contributed by atoms with Crippen molar-refractivity contribution in [3.8, 4) is 0 Å². The average molecular weight is 206 g/mol. The highest BCUT2D eigenvalue weighted by molar-refractivity contribution is 5.43. The number of aromatic nitrogens is 1. The van der Waals surface area contributed by atoms with Crippen LogP contribution in [-0.2, 0) is 0 Å². The van der Waals surface area contributed by atoms with Gasteiger partial charge in [-0.05, 0) is 25.5 Å². The first-order valence-electron chi connectivity index (χ1n) is 5.37. The quantitative estimate of drug-likeness (QED) is 0.777. The van der Waals surface area contributed by atoms with Crippen molar-refractivity contribution in [3.05, 3.63) is 24.0 Å². The molecule has 3 nitrogen and oxygen atoms in total. The summed E-state index contributed by atoms with van der Waals surface area (Å²) in [5, 5.41) is 13.0. The third kappa shape index (κ3) is 1.84. The minimum Gasteiger partial charge on any atom is -0.392 e. The molecular formula is C12H18N2O. The van der Waals surface area contributed by atoms with E-state index >= 15 is 0 Å². The van der Waals surface area contributed by atoms with E-state index in [-0.39, 0.29) is 11.5 Å². The fraction of sp³-hybridized carbons (Fsp3) is 0.583. The van der Waals surface area contributed by atoms with Gasteiger partial charge in [0.05, 0.1) is 18.0 Å².